The first-order chi connectivity index (χ1) is 16.8. The van der Waals surface area contributed by atoms with Gasteiger partial charge in [-0.05, 0) is 42.0 Å². The van der Waals surface area contributed by atoms with Crippen molar-refractivity contribution in [2.45, 2.75) is 38.1 Å². The second-order valence-corrected chi connectivity index (χ2v) is 8.91. The molecule has 1 aliphatic heterocycles. The summed E-state index contributed by atoms with van der Waals surface area (Å²) in [6.45, 7) is 2.01. The zero-order chi connectivity index (χ0) is 25.1. The van der Waals surface area contributed by atoms with E-state index in [-0.39, 0.29) is 36.5 Å². The molecule has 0 spiro atoms. The van der Waals surface area contributed by atoms with Crippen molar-refractivity contribution in [2.24, 2.45) is 13.0 Å². The third-order valence-electron chi connectivity index (χ3n) is 6.60. The molecule has 1 aliphatic rings. The molecule has 3 heterocycles. The van der Waals surface area contributed by atoms with Gasteiger partial charge >= 0.3 is 0 Å². The minimum absolute atomic E-state index is 0.0418. The molecule has 3 aromatic rings. The maximum atomic E-state index is 13.6. The van der Waals surface area contributed by atoms with Gasteiger partial charge in [-0.15, -0.1) is 0 Å². The van der Waals surface area contributed by atoms with Crippen LogP contribution < -0.4 is 10.6 Å². The molecule has 3 atom stereocenters. The van der Waals surface area contributed by atoms with Gasteiger partial charge in [0.2, 0.25) is 11.8 Å². The Balaban J connectivity index is 1.59. The molecule has 1 fully saturated rings. The molecule has 0 unspecified atom stereocenters. The summed E-state index contributed by atoms with van der Waals surface area (Å²) in [5.41, 5.74) is 7.63. The van der Waals surface area contributed by atoms with E-state index in [9.17, 15) is 14.4 Å². The summed E-state index contributed by atoms with van der Waals surface area (Å²) in [5, 5.41) is 4.29. The van der Waals surface area contributed by atoms with Crippen LogP contribution in [0.5, 0.6) is 0 Å². The van der Waals surface area contributed by atoms with Gasteiger partial charge in [0, 0.05) is 39.0 Å². The Morgan fingerprint density at radius 2 is 1.91 bits per heavy atom. The second kappa shape index (κ2) is 10.1. The molecule has 2 aromatic heterocycles. The van der Waals surface area contributed by atoms with E-state index in [1.165, 1.54) is 4.90 Å². The third-order valence-corrected chi connectivity index (χ3v) is 6.60. The number of benzene rings is 1. The van der Waals surface area contributed by atoms with Crippen molar-refractivity contribution in [3.05, 3.63) is 72.1 Å². The number of nitrogens with two attached hydrogens (primary N) is 1. The Hall–Kier alpha value is -4.01. The molecule has 2 N–H and O–H groups in total. The molecule has 1 saturated heterocycles. The molecule has 182 valence electrons. The Morgan fingerprint density at radius 1 is 1.17 bits per heavy atom. The van der Waals surface area contributed by atoms with Gasteiger partial charge in [-0.3, -0.25) is 28.9 Å². The Bertz CT molecular complexity index is 1220. The van der Waals surface area contributed by atoms with Gasteiger partial charge in [-0.2, -0.15) is 5.10 Å². The van der Waals surface area contributed by atoms with Gasteiger partial charge in [0.1, 0.15) is 11.9 Å². The van der Waals surface area contributed by atoms with Crippen molar-refractivity contribution in [3.8, 4) is 0 Å². The first-order valence-corrected chi connectivity index (χ1v) is 11.7. The van der Waals surface area contributed by atoms with E-state index in [4.69, 9.17) is 5.73 Å². The van der Waals surface area contributed by atoms with Crippen molar-refractivity contribution >= 4 is 29.4 Å². The summed E-state index contributed by atoms with van der Waals surface area (Å²) in [5.74, 6) is -0.964. The molecule has 4 rings (SSSR count). The maximum Gasteiger partial charge on any atom is 0.252 e. The molecule has 0 radical (unpaired) electrons. The van der Waals surface area contributed by atoms with Gasteiger partial charge in [0.05, 0.1) is 5.92 Å². The average Bonchev–Trinajstić information content (AvgIpc) is 3.29. The number of likely N-dealkylation sites (N-methyl/N-ethyl adjacent to an activating group) is 1. The van der Waals surface area contributed by atoms with E-state index < -0.39 is 12.0 Å². The Morgan fingerprint density at radius 3 is 2.54 bits per heavy atom. The summed E-state index contributed by atoms with van der Waals surface area (Å²) in [6, 6.07) is 14.0. The fraction of sp³-hybridized carbons (Fsp3) is 0.346. The van der Waals surface area contributed by atoms with E-state index >= 15 is 0 Å². The molecular weight excluding hydrogens is 444 g/mol. The van der Waals surface area contributed by atoms with Gasteiger partial charge in [0.15, 0.2) is 5.82 Å². The lowest BCUT2D eigenvalue weighted by molar-refractivity contribution is -0.170. The van der Waals surface area contributed by atoms with Crippen LogP contribution in [0.25, 0.3) is 0 Å². The Kier molecular flexibility index (Phi) is 6.95. The molecule has 9 nitrogen and oxygen atoms in total. The first kappa shape index (κ1) is 24.1. The number of hydrogen-bond acceptors (Lipinski definition) is 6. The van der Waals surface area contributed by atoms with Crippen molar-refractivity contribution in [1.82, 2.24) is 19.7 Å². The monoisotopic (exact) mass is 474 g/mol. The summed E-state index contributed by atoms with van der Waals surface area (Å²) >= 11 is 0. The summed E-state index contributed by atoms with van der Waals surface area (Å²) in [4.78, 5) is 46.8. The lowest BCUT2D eigenvalue weighted by Gasteiger charge is -2.46. The number of carbonyl (C=O) groups is 3. The van der Waals surface area contributed by atoms with Gasteiger partial charge < -0.3 is 5.73 Å². The predicted octanol–water partition coefficient (Wildman–Crippen LogP) is 2.54. The summed E-state index contributed by atoms with van der Waals surface area (Å²) in [7, 11) is 3.37. The number of nitrogens with zero attached hydrogens (tertiary/aromatic N) is 5. The second-order valence-electron chi connectivity index (χ2n) is 8.91. The third kappa shape index (κ3) is 4.94. The molecule has 0 saturated carbocycles. The highest BCUT2D eigenvalue weighted by molar-refractivity contribution is 6.12. The van der Waals surface area contributed by atoms with E-state index in [0.717, 1.165) is 22.4 Å². The molecule has 1 aromatic carbocycles. The number of likely N-dealkylation sites (tertiary alicyclic amines) is 1. The number of β-lactam (4-membered cyclic amide) rings is 1. The van der Waals surface area contributed by atoms with Crippen LogP contribution in [-0.4, -0.2) is 50.5 Å². The number of nitrogen functional groups attached to an aromatic ring is 1. The summed E-state index contributed by atoms with van der Waals surface area (Å²) in [6.07, 6.45) is 4.48. The van der Waals surface area contributed by atoms with Crippen molar-refractivity contribution in [1.29, 1.82) is 0 Å². The Labute approximate surface area is 204 Å². The number of carbonyl (C=O) groups excluding carboxylic acids is 3. The lowest BCUT2D eigenvalue weighted by Crippen LogP contribution is -2.69. The molecule has 0 bridgehead atoms. The zero-order valence-corrected chi connectivity index (χ0v) is 20.2. The van der Waals surface area contributed by atoms with E-state index in [2.05, 4.69) is 10.1 Å². The van der Waals surface area contributed by atoms with Crippen LogP contribution in [0.1, 0.15) is 36.8 Å². The van der Waals surface area contributed by atoms with Gasteiger partial charge in [-0.1, -0.05) is 37.3 Å². The fourth-order valence-corrected chi connectivity index (χ4v) is 4.61. The number of aromatic nitrogens is 3. The normalized spacial score (nSPS) is 18.1. The molecular formula is C26H30N6O3. The molecule has 35 heavy (non-hydrogen) atoms. The van der Waals surface area contributed by atoms with Crippen LogP contribution in [0, 0.1) is 5.92 Å². The number of pyridine rings is 1. The zero-order valence-electron chi connectivity index (χ0n) is 20.2. The van der Waals surface area contributed by atoms with Crippen LogP contribution in [-0.2, 0) is 27.9 Å². The van der Waals surface area contributed by atoms with Crippen LogP contribution in [0.4, 0.5) is 11.6 Å². The van der Waals surface area contributed by atoms with E-state index in [1.54, 1.807) is 49.4 Å². The highest BCUT2D eigenvalue weighted by atomic mass is 16.2. The highest BCUT2D eigenvalue weighted by Gasteiger charge is 2.55. The largest absolute Gasteiger partial charge is 0.384 e. The SMILES string of the molecule is CC[C@@H](CC(=O)N1C(=O)[C@H](Cc2ccnc(N)c2)[C@H]1C(=O)N(C)c1ccn(C)n1)c1ccccc1. The van der Waals surface area contributed by atoms with E-state index in [0.29, 0.717) is 11.6 Å². The van der Waals surface area contributed by atoms with Crippen molar-refractivity contribution in [2.75, 3.05) is 17.7 Å². The number of anilines is 2. The first-order valence-electron chi connectivity index (χ1n) is 11.7. The van der Waals surface area contributed by atoms with Crippen LogP contribution >= 0.6 is 0 Å². The van der Waals surface area contributed by atoms with Gasteiger partial charge in [-0.25, -0.2) is 4.98 Å². The van der Waals surface area contributed by atoms with Crippen LogP contribution in [0.3, 0.4) is 0 Å². The number of aryl methyl sites for hydroxylation is 1. The number of imide groups is 1. The fourth-order valence-electron chi connectivity index (χ4n) is 4.61. The standard InChI is InChI=1S/C26H30N6O3/c1-4-18(19-8-6-5-7-9-19)16-23(33)32-24(26(35)31(3)22-11-13-30(2)29-22)20(25(32)34)14-17-10-12-28-21(27)15-17/h5-13,15,18,20,24H,4,14,16H2,1-3H3,(H2,27,28)/t18-,20+,24-/m0/s1. The quantitative estimate of drug-likeness (QED) is 0.502. The van der Waals surface area contributed by atoms with Crippen LogP contribution in [0.2, 0.25) is 0 Å². The maximum absolute atomic E-state index is 13.6. The number of amides is 3. The lowest BCUT2D eigenvalue weighted by atomic mass is 9.80. The smallest absolute Gasteiger partial charge is 0.252 e. The average molecular weight is 475 g/mol. The molecule has 0 aliphatic carbocycles. The topological polar surface area (TPSA) is 114 Å². The number of rotatable bonds is 8. The highest BCUT2D eigenvalue weighted by Crippen LogP contribution is 2.35. The van der Waals surface area contributed by atoms with Crippen LogP contribution in [0.15, 0.2) is 60.9 Å². The van der Waals surface area contributed by atoms with E-state index in [1.807, 2.05) is 37.3 Å². The van der Waals surface area contributed by atoms with Crippen molar-refractivity contribution < 1.29 is 14.4 Å². The number of hydrogen-bond donors (Lipinski definition) is 1. The van der Waals surface area contributed by atoms with Crippen molar-refractivity contribution in [3.63, 3.8) is 0 Å². The molecule has 9 heteroatoms. The minimum atomic E-state index is -0.912. The predicted molar refractivity (Wildman–Crippen MR) is 132 cm³/mol. The summed E-state index contributed by atoms with van der Waals surface area (Å²) < 4.78 is 1.59. The van der Waals surface area contributed by atoms with Gasteiger partial charge in [0.25, 0.3) is 5.91 Å². The molecule has 3 amide bonds. The minimum Gasteiger partial charge on any atom is -0.384 e.